The highest BCUT2D eigenvalue weighted by molar-refractivity contribution is 5.79. The number of carbonyl (C=O) groups is 2. The van der Waals surface area contributed by atoms with Crippen molar-refractivity contribution in [3.8, 4) is 5.75 Å². The van der Waals surface area contributed by atoms with Crippen LogP contribution in [0, 0.1) is 0 Å². The molecular weight excluding hydrogens is 308 g/mol. The van der Waals surface area contributed by atoms with E-state index in [1.165, 1.54) is 12.1 Å². The van der Waals surface area contributed by atoms with Crippen molar-refractivity contribution in [1.82, 2.24) is 0 Å². The molecule has 0 radical (unpaired) electrons. The van der Waals surface area contributed by atoms with Gasteiger partial charge in [-0.3, -0.25) is 9.59 Å². The number of benzene rings is 1. The first-order valence-corrected chi connectivity index (χ1v) is 6.98. The molecule has 1 heterocycles. The average molecular weight is 326 g/mol. The molecule has 0 aromatic heterocycles. The number of aldehydes is 1. The van der Waals surface area contributed by atoms with Crippen LogP contribution >= 0.6 is 0 Å². The van der Waals surface area contributed by atoms with Gasteiger partial charge in [0.05, 0.1) is 12.2 Å². The summed E-state index contributed by atoms with van der Waals surface area (Å²) in [5, 5.41) is 29.2. The first-order chi connectivity index (χ1) is 11.0. The molecule has 0 aliphatic carbocycles. The lowest BCUT2D eigenvalue weighted by Crippen LogP contribution is -2.61. The van der Waals surface area contributed by atoms with E-state index in [1.54, 1.807) is 12.1 Å². The van der Waals surface area contributed by atoms with Crippen molar-refractivity contribution >= 4 is 12.3 Å². The molecule has 1 saturated heterocycles. The Kier molecular flexibility index (Phi) is 5.67. The van der Waals surface area contributed by atoms with Gasteiger partial charge in [-0.15, -0.1) is 0 Å². The predicted molar refractivity (Wildman–Crippen MR) is 75.8 cm³/mol. The third-order valence-electron chi connectivity index (χ3n) is 3.42. The molecule has 126 valence electrons. The van der Waals surface area contributed by atoms with Gasteiger partial charge in [-0.05, 0) is 12.1 Å². The molecule has 0 amide bonds. The van der Waals surface area contributed by atoms with Gasteiger partial charge in [0.25, 0.3) is 0 Å². The maximum atomic E-state index is 11.2. The lowest BCUT2D eigenvalue weighted by Gasteiger charge is -2.41. The van der Waals surface area contributed by atoms with Gasteiger partial charge in [-0.25, -0.2) is 0 Å². The normalized spacial score (nSPS) is 30.5. The molecule has 1 aromatic rings. The zero-order chi connectivity index (χ0) is 17.0. The number of hydrogen-bond donors (Lipinski definition) is 3. The number of hydrogen-bond acceptors (Lipinski definition) is 8. The molecule has 1 fully saturated rings. The molecule has 3 N–H and O–H groups in total. The van der Waals surface area contributed by atoms with E-state index >= 15 is 0 Å². The van der Waals surface area contributed by atoms with Gasteiger partial charge in [-0.2, -0.15) is 0 Å². The Morgan fingerprint density at radius 3 is 2.61 bits per heavy atom. The van der Waals surface area contributed by atoms with Gasteiger partial charge in [-0.1, -0.05) is 12.1 Å². The smallest absolute Gasteiger partial charge is 0.303 e. The number of para-hydroxylation sites is 1. The summed E-state index contributed by atoms with van der Waals surface area (Å²) in [7, 11) is 0. The van der Waals surface area contributed by atoms with Gasteiger partial charge in [0.1, 0.15) is 24.1 Å². The third-order valence-corrected chi connectivity index (χ3v) is 3.42. The van der Waals surface area contributed by atoms with Crippen LogP contribution in [0.2, 0.25) is 0 Å². The van der Waals surface area contributed by atoms with Gasteiger partial charge in [0.15, 0.2) is 12.4 Å². The Morgan fingerprint density at radius 1 is 1.30 bits per heavy atom. The Bertz CT molecular complexity index is 560. The minimum atomic E-state index is -1.52. The van der Waals surface area contributed by atoms with E-state index in [1.807, 2.05) is 0 Å². The number of ether oxygens (including phenoxy) is 3. The van der Waals surface area contributed by atoms with E-state index in [9.17, 15) is 24.9 Å². The van der Waals surface area contributed by atoms with E-state index in [0.717, 1.165) is 6.92 Å². The Hall–Kier alpha value is -2.00. The molecule has 0 bridgehead atoms. The molecule has 1 aromatic carbocycles. The summed E-state index contributed by atoms with van der Waals surface area (Å²) >= 11 is 0. The molecule has 0 spiro atoms. The van der Waals surface area contributed by atoms with Crippen LogP contribution in [0.4, 0.5) is 0 Å². The van der Waals surface area contributed by atoms with Crippen molar-refractivity contribution in [2.24, 2.45) is 0 Å². The zero-order valence-corrected chi connectivity index (χ0v) is 12.4. The molecule has 1 aliphatic heterocycles. The fourth-order valence-electron chi connectivity index (χ4n) is 2.28. The topological polar surface area (TPSA) is 123 Å². The second-order valence-electron chi connectivity index (χ2n) is 5.05. The minimum Gasteiger partial charge on any atom is -0.460 e. The SMILES string of the molecule is CC(=O)O[C@H]1[C@H](Oc2ccccc2C=O)O[C@H](CO)[C@@H](O)[C@@H]1O. The summed E-state index contributed by atoms with van der Waals surface area (Å²) in [4.78, 5) is 22.2. The summed E-state index contributed by atoms with van der Waals surface area (Å²) in [5.41, 5.74) is 0.235. The minimum absolute atomic E-state index is 0.157. The molecule has 0 saturated carbocycles. The van der Waals surface area contributed by atoms with Gasteiger partial charge < -0.3 is 29.5 Å². The summed E-state index contributed by atoms with van der Waals surface area (Å²) in [6, 6.07) is 6.28. The predicted octanol–water partition coefficient (Wildman–Crippen LogP) is -0.751. The Balaban J connectivity index is 2.27. The highest BCUT2D eigenvalue weighted by Gasteiger charge is 2.47. The van der Waals surface area contributed by atoms with Crippen LogP contribution in [0.25, 0.3) is 0 Å². The lowest BCUT2D eigenvalue weighted by atomic mass is 9.99. The number of rotatable bonds is 5. The van der Waals surface area contributed by atoms with E-state index in [-0.39, 0.29) is 11.3 Å². The average Bonchev–Trinajstić information content (AvgIpc) is 2.54. The lowest BCUT2D eigenvalue weighted by molar-refractivity contribution is -0.281. The zero-order valence-electron chi connectivity index (χ0n) is 12.4. The molecule has 8 nitrogen and oxygen atoms in total. The number of aliphatic hydroxyl groups is 3. The van der Waals surface area contributed by atoms with Crippen molar-refractivity contribution in [2.75, 3.05) is 6.61 Å². The maximum Gasteiger partial charge on any atom is 0.303 e. The van der Waals surface area contributed by atoms with Crippen LogP contribution in [0.5, 0.6) is 5.75 Å². The van der Waals surface area contributed by atoms with Crippen LogP contribution in [0.1, 0.15) is 17.3 Å². The second kappa shape index (κ2) is 7.51. The fraction of sp³-hybridized carbons (Fsp3) is 0.467. The first-order valence-electron chi connectivity index (χ1n) is 6.98. The fourth-order valence-corrected chi connectivity index (χ4v) is 2.28. The summed E-state index contributed by atoms with van der Waals surface area (Å²) < 4.78 is 15.8. The van der Waals surface area contributed by atoms with Crippen LogP contribution in [-0.2, 0) is 14.3 Å². The molecular formula is C15H18O8. The maximum absolute atomic E-state index is 11.2. The number of aliphatic hydroxyl groups excluding tert-OH is 3. The molecule has 2 rings (SSSR count). The van der Waals surface area contributed by atoms with E-state index in [2.05, 4.69) is 0 Å². The highest BCUT2D eigenvalue weighted by atomic mass is 16.7. The Morgan fingerprint density at radius 2 is 2.00 bits per heavy atom. The molecule has 23 heavy (non-hydrogen) atoms. The van der Waals surface area contributed by atoms with Gasteiger partial charge >= 0.3 is 5.97 Å². The first kappa shape index (κ1) is 17.4. The Labute approximate surface area is 132 Å². The van der Waals surface area contributed by atoms with Gasteiger partial charge in [0, 0.05) is 6.92 Å². The third kappa shape index (κ3) is 3.85. The van der Waals surface area contributed by atoms with E-state index < -0.39 is 43.3 Å². The summed E-state index contributed by atoms with van der Waals surface area (Å²) in [5.74, 6) is -0.547. The van der Waals surface area contributed by atoms with Crippen molar-refractivity contribution in [2.45, 2.75) is 37.6 Å². The van der Waals surface area contributed by atoms with E-state index in [0.29, 0.717) is 6.29 Å². The molecule has 0 unspecified atom stereocenters. The number of esters is 1. The van der Waals surface area contributed by atoms with Crippen molar-refractivity contribution in [3.05, 3.63) is 29.8 Å². The van der Waals surface area contributed by atoms with Crippen LogP contribution in [0.3, 0.4) is 0 Å². The standard InChI is InChI=1S/C15H18O8/c1-8(18)21-14-13(20)12(19)11(7-17)23-15(14)22-10-5-3-2-4-9(10)6-16/h2-6,11-15,17,19-20H,7H2,1H3/t11-,12-,13+,14-,15-/m1/s1. The van der Waals surface area contributed by atoms with Gasteiger partial charge in [0.2, 0.25) is 6.29 Å². The quantitative estimate of drug-likeness (QED) is 0.477. The second-order valence-corrected chi connectivity index (χ2v) is 5.05. The van der Waals surface area contributed by atoms with Crippen molar-refractivity contribution in [1.29, 1.82) is 0 Å². The molecule has 5 atom stereocenters. The molecule has 1 aliphatic rings. The number of carbonyl (C=O) groups excluding carboxylic acids is 2. The van der Waals surface area contributed by atoms with E-state index in [4.69, 9.17) is 14.2 Å². The largest absolute Gasteiger partial charge is 0.460 e. The van der Waals surface area contributed by atoms with Crippen LogP contribution in [0.15, 0.2) is 24.3 Å². The summed E-state index contributed by atoms with van der Waals surface area (Å²) in [6.45, 7) is 0.563. The van der Waals surface area contributed by atoms with Crippen LogP contribution in [-0.4, -0.2) is 64.9 Å². The van der Waals surface area contributed by atoms with Crippen molar-refractivity contribution in [3.63, 3.8) is 0 Å². The van der Waals surface area contributed by atoms with Crippen molar-refractivity contribution < 1.29 is 39.1 Å². The monoisotopic (exact) mass is 326 g/mol. The molecule has 8 heteroatoms. The summed E-state index contributed by atoms with van der Waals surface area (Å²) in [6.07, 6.45) is -6.12. The highest BCUT2D eigenvalue weighted by Crippen LogP contribution is 2.27. The van der Waals surface area contributed by atoms with Crippen LogP contribution < -0.4 is 4.74 Å².